The molecule has 160 valence electrons. The number of benzene rings is 2. The van der Waals surface area contributed by atoms with Gasteiger partial charge < -0.3 is 15.0 Å². The largest absolute Gasteiger partial charge is 0.484 e. The standard InChI is InChI=1S/C25H32N2O3/c1-3-22(25(29)26-21-14-8-9-15-21)27(17-20-12-5-4-6-13-20)24(28)18-30-23-16-10-7-11-19(23)2/h4-7,10-13,16,21-22H,3,8-9,14-15,17-18H2,1-2H3,(H,26,29)/t22-/m1/s1. The summed E-state index contributed by atoms with van der Waals surface area (Å²) in [6.45, 7) is 4.19. The van der Waals surface area contributed by atoms with Crippen LogP contribution < -0.4 is 10.1 Å². The highest BCUT2D eigenvalue weighted by molar-refractivity contribution is 5.88. The molecule has 0 aromatic heterocycles. The van der Waals surface area contributed by atoms with E-state index >= 15 is 0 Å². The first-order valence-corrected chi connectivity index (χ1v) is 10.9. The molecule has 0 radical (unpaired) electrons. The highest BCUT2D eigenvalue weighted by Gasteiger charge is 2.30. The number of hydrogen-bond acceptors (Lipinski definition) is 3. The van der Waals surface area contributed by atoms with Gasteiger partial charge in [0.05, 0.1) is 0 Å². The highest BCUT2D eigenvalue weighted by Crippen LogP contribution is 2.20. The lowest BCUT2D eigenvalue weighted by molar-refractivity contribution is -0.143. The van der Waals surface area contributed by atoms with E-state index in [2.05, 4.69) is 5.32 Å². The number of para-hydroxylation sites is 1. The predicted octanol–water partition coefficient (Wildman–Crippen LogP) is 4.24. The van der Waals surface area contributed by atoms with E-state index in [9.17, 15) is 9.59 Å². The number of aryl methyl sites for hydroxylation is 1. The molecule has 0 saturated heterocycles. The van der Waals surface area contributed by atoms with E-state index in [1.807, 2.05) is 68.4 Å². The third kappa shape index (κ3) is 5.85. The van der Waals surface area contributed by atoms with Gasteiger partial charge in [-0.25, -0.2) is 0 Å². The minimum Gasteiger partial charge on any atom is -0.484 e. The second-order valence-corrected chi connectivity index (χ2v) is 7.98. The predicted molar refractivity (Wildman–Crippen MR) is 118 cm³/mol. The molecule has 1 saturated carbocycles. The van der Waals surface area contributed by atoms with Crippen LogP contribution in [0, 0.1) is 6.92 Å². The van der Waals surface area contributed by atoms with E-state index < -0.39 is 6.04 Å². The molecule has 0 bridgehead atoms. The highest BCUT2D eigenvalue weighted by atomic mass is 16.5. The van der Waals surface area contributed by atoms with E-state index in [1.165, 1.54) is 0 Å². The fraction of sp³-hybridized carbons (Fsp3) is 0.440. The zero-order valence-electron chi connectivity index (χ0n) is 18.0. The van der Waals surface area contributed by atoms with Crippen LogP contribution >= 0.6 is 0 Å². The van der Waals surface area contributed by atoms with Crippen LogP contribution in [0.25, 0.3) is 0 Å². The Morgan fingerprint density at radius 1 is 1.07 bits per heavy atom. The third-order valence-corrected chi connectivity index (χ3v) is 5.73. The summed E-state index contributed by atoms with van der Waals surface area (Å²) in [5, 5.41) is 3.16. The van der Waals surface area contributed by atoms with Gasteiger partial charge in [0.2, 0.25) is 5.91 Å². The normalized spacial score (nSPS) is 14.9. The van der Waals surface area contributed by atoms with Crippen LogP contribution in [0.3, 0.4) is 0 Å². The second-order valence-electron chi connectivity index (χ2n) is 7.98. The van der Waals surface area contributed by atoms with E-state index in [0.717, 1.165) is 36.8 Å². The van der Waals surface area contributed by atoms with Gasteiger partial charge in [0.25, 0.3) is 5.91 Å². The van der Waals surface area contributed by atoms with Crippen LogP contribution in [0.5, 0.6) is 5.75 Å². The molecule has 30 heavy (non-hydrogen) atoms. The van der Waals surface area contributed by atoms with Crippen molar-refractivity contribution in [2.24, 2.45) is 0 Å². The molecule has 1 fully saturated rings. The van der Waals surface area contributed by atoms with Crippen molar-refractivity contribution in [2.75, 3.05) is 6.61 Å². The Balaban J connectivity index is 1.74. The zero-order valence-corrected chi connectivity index (χ0v) is 18.0. The van der Waals surface area contributed by atoms with E-state index in [-0.39, 0.29) is 24.5 Å². The fourth-order valence-corrected chi connectivity index (χ4v) is 4.01. The molecule has 0 aliphatic heterocycles. The molecule has 2 aromatic rings. The molecule has 2 amide bonds. The van der Waals surface area contributed by atoms with Gasteiger partial charge in [-0.3, -0.25) is 9.59 Å². The van der Waals surface area contributed by atoms with Gasteiger partial charge in [-0.05, 0) is 43.4 Å². The van der Waals surface area contributed by atoms with Gasteiger partial charge >= 0.3 is 0 Å². The van der Waals surface area contributed by atoms with Gasteiger partial charge in [-0.1, -0.05) is 68.3 Å². The van der Waals surface area contributed by atoms with Gasteiger partial charge in [0, 0.05) is 12.6 Å². The third-order valence-electron chi connectivity index (χ3n) is 5.73. The summed E-state index contributed by atoms with van der Waals surface area (Å²) < 4.78 is 5.80. The summed E-state index contributed by atoms with van der Waals surface area (Å²) >= 11 is 0. The summed E-state index contributed by atoms with van der Waals surface area (Å²) in [6, 6.07) is 17.1. The molecule has 0 spiro atoms. The lowest BCUT2D eigenvalue weighted by atomic mass is 10.1. The molecule has 0 unspecified atom stereocenters. The van der Waals surface area contributed by atoms with Crippen molar-refractivity contribution in [3.63, 3.8) is 0 Å². The Hall–Kier alpha value is -2.82. The van der Waals surface area contributed by atoms with Crippen molar-refractivity contribution in [2.45, 2.75) is 64.6 Å². The zero-order chi connectivity index (χ0) is 21.3. The quantitative estimate of drug-likeness (QED) is 0.675. The van der Waals surface area contributed by atoms with Crippen LogP contribution in [0.15, 0.2) is 54.6 Å². The van der Waals surface area contributed by atoms with Crippen molar-refractivity contribution < 1.29 is 14.3 Å². The summed E-state index contributed by atoms with van der Waals surface area (Å²) in [6.07, 6.45) is 4.90. The van der Waals surface area contributed by atoms with Gasteiger partial charge in [-0.15, -0.1) is 0 Å². The van der Waals surface area contributed by atoms with Crippen molar-refractivity contribution >= 4 is 11.8 Å². The molecular formula is C25H32N2O3. The molecule has 3 rings (SSSR count). The number of hydrogen-bond donors (Lipinski definition) is 1. The first kappa shape index (κ1) is 21.9. The lowest BCUT2D eigenvalue weighted by Gasteiger charge is -2.31. The topological polar surface area (TPSA) is 58.6 Å². The van der Waals surface area contributed by atoms with Crippen LogP contribution in [0.2, 0.25) is 0 Å². The Morgan fingerprint density at radius 2 is 1.73 bits per heavy atom. The minimum absolute atomic E-state index is 0.0652. The number of nitrogens with one attached hydrogen (secondary N) is 1. The molecule has 5 nitrogen and oxygen atoms in total. The van der Waals surface area contributed by atoms with E-state index in [4.69, 9.17) is 4.74 Å². The average molecular weight is 409 g/mol. The molecule has 1 aliphatic rings. The van der Waals surface area contributed by atoms with Crippen molar-refractivity contribution in [3.8, 4) is 5.75 Å². The number of amides is 2. The molecule has 0 heterocycles. The van der Waals surface area contributed by atoms with Crippen LogP contribution in [-0.2, 0) is 16.1 Å². The van der Waals surface area contributed by atoms with Crippen molar-refractivity contribution in [1.29, 1.82) is 0 Å². The second kappa shape index (κ2) is 10.8. The average Bonchev–Trinajstić information content (AvgIpc) is 3.26. The first-order chi connectivity index (χ1) is 14.6. The number of ether oxygens (including phenoxy) is 1. The van der Waals surface area contributed by atoms with Crippen LogP contribution in [0.4, 0.5) is 0 Å². The van der Waals surface area contributed by atoms with Crippen molar-refractivity contribution in [3.05, 3.63) is 65.7 Å². The van der Waals surface area contributed by atoms with Crippen LogP contribution in [-0.4, -0.2) is 35.4 Å². The summed E-state index contributed by atoms with van der Waals surface area (Å²) in [7, 11) is 0. The minimum atomic E-state index is -0.515. The maximum Gasteiger partial charge on any atom is 0.261 e. The maximum absolute atomic E-state index is 13.2. The van der Waals surface area contributed by atoms with Crippen molar-refractivity contribution in [1.82, 2.24) is 10.2 Å². The molecule has 5 heteroatoms. The van der Waals surface area contributed by atoms with E-state index in [0.29, 0.717) is 18.7 Å². The Morgan fingerprint density at radius 3 is 2.40 bits per heavy atom. The Kier molecular flexibility index (Phi) is 7.89. The number of carbonyl (C=O) groups is 2. The monoisotopic (exact) mass is 408 g/mol. The molecular weight excluding hydrogens is 376 g/mol. The lowest BCUT2D eigenvalue weighted by Crippen LogP contribution is -2.52. The smallest absolute Gasteiger partial charge is 0.261 e. The van der Waals surface area contributed by atoms with Crippen LogP contribution in [0.1, 0.15) is 50.2 Å². The molecule has 2 aromatic carbocycles. The summed E-state index contributed by atoms with van der Waals surface area (Å²) in [5.41, 5.74) is 1.97. The fourth-order valence-electron chi connectivity index (χ4n) is 4.01. The number of nitrogens with zero attached hydrogens (tertiary/aromatic N) is 1. The summed E-state index contributed by atoms with van der Waals surface area (Å²) in [5.74, 6) is 0.439. The molecule has 1 atom stereocenters. The Bertz CT molecular complexity index is 831. The maximum atomic E-state index is 13.2. The molecule has 1 aliphatic carbocycles. The SMILES string of the molecule is CC[C@H](C(=O)NC1CCCC1)N(Cc1ccccc1)C(=O)COc1ccccc1C. The molecule has 1 N–H and O–H groups in total. The Labute approximate surface area is 179 Å². The van der Waals surface area contributed by atoms with Gasteiger partial charge in [0.15, 0.2) is 6.61 Å². The van der Waals surface area contributed by atoms with E-state index in [1.54, 1.807) is 4.90 Å². The first-order valence-electron chi connectivity index (χ1n) is 10.9. The number of rotatable bonds is 9. The number of carbonyl (C=O) groups excluding carboxylic acids is 2. The van der Waals surface area contributed by atoms with Gasteiger partial charge in [-0.2, -0.15) is 0 Å². The van der Waals surface area contributed by atoms with Gasteiger partial charge in [0.1, 0.15) is 11.8 Å². The summed E-state index contributed by atoms with van der Waals surface area (Å²) in [4.78, 5) is 27.9.